The van der Waals surface area contributed by atoms with E-state index in [0.29, 0.717) is 28.4 Å². The fraction of sp³-hybridized carbons (Fsp3) is 0.190. The molecule has 0 saturated heterocycles. The van der Waals surface area contributed by atoms with E-state index in [4.69, 9.17) is 14.2 Å². The molecule has 3 aromatic rings. The molecular formula is C21H20N4O4. The van der Waals surface area contributed by atoms with E-state index < -0.39 is 0 Å². The summed E-state index contributed by atoms with van der Waals surface area (Å²) >= 11 is 0. The molecule has 0 bridgehead atoms. The number of rotatable bonds is 7. The van der Waals surface area contributed by atoms with Gasteiger partial charge >= 0.3 is 0 Å². The van der Waals surface area contributed by atoms with Crippen LogP contribution >= 0.6 is 0 Å². The number of aromatic nitrogens is 1. The van der Waals surface area contributed by atoms with Crippen LogP contribution in [0.5, 0.6) is 17.2 Å². The van der Waals surface area contributed by atoms with E-state index in [-0.39, 0.29) is 12.5 Å². The van der Waals surface area contributed by atoms with Crippen molar-refractivity contribution in [1.29, 1.82) is 5.26 Å². The lowest BCUT2D eigenvalue weighted by Crippen LogP contribution is -2.22. The molecule has 0 radical (unpaired) electrons. The number of benzene rings is 2. The zero-order valence-corrected chi connectivity index (χ0v) is 16.3. The molecular weight excluding hydrogens is 372 g/mol. The van der Waals surface area contributed by atoms with Crippen molar-refractivity contribution in [2.75, 3.05) is 21.3 Å². The molecule has 0 fully saturated rings. The van der Waals surface area contributed by atoms with E-state index in [2.05, 4.69) is 16.6 Å². The molecule has 2 aromatic carbocycles. The number of hydrogen-bond acceptors (Lipinski definition) is 6. The predicted octanol–water partition coefficient (Wildman–Crippen LogP) is 2.69. The Bertz CT molecular complexity index is 1090. The van der Waals surface area contributed by atoms with Crippen LogP contribution in [0.2, 0.25) is 0 Å². The topological polar surface area (TPSA) is 97.9 Å². The molecule has 1 aromatic heterocycles. The van der Waals surface area contributed by atoms with Crippen molar-refractivity contribution in [2.24, 2.45) is 5.10 Å². The van der Waals surface area contributed by atoms with E-state index in [1.54, 1.807) is 22.9 Å². The van der Waals surface area contributed by atoms with Gasteiger partial charge in [-0.15, -0.1) is 0 Å². The average Bonchev–Trinajstić information content (AvgIpc) is 3.10. The van der Waals surface area contributed by atoms with E-state index in [1.165, 1.54) is 27.5 Å². The van der Waals surface area contributed by atoms with Crippen LogP contribution in [0, 0.1) is 11.3 Å². The lowest BCUT2D eigenvalue weighted by atomic mass is 10.2. The first-order valence-electron chi connectivity index (χ1n) is 8.71. The third-order valence-corrected chi connectivity index (χ3v) is 4.31. The second-order valence-corrected chi connectivity index (χ2v) is 6.05. The molecule has 0 aliphatic carbocycles. The largest absolute Gasteiger partial charge is 0.493 e. The van der Waals surface area contributed by atoms with E-state index >= 15 is 0 Å². The Labute approximate surface area is 167 Å². The summed E-state index contributed by atoms with van der Waals surface area (Å²) in [5, 5.41) is 14.1. The summed E-state index contributed by atoms with van der Waals surface area (Å²) in [6, 6.07) is 13.0. The first-order chi connectivity index (χ1) is 14.1. The number of hydrogen-bond donors (Lipinski definition) is 1. The number of ether oxygens (including phenoxy) is 3. The molecule has 29 heavy (non-hydrogen) atoms. The van der Waals surface area contributed by atoms with Crippen molar-refractivity contribution >= 4 is 23.0 Å². The first-order valence-corrected chi connectivity index (χ1v) is 8.71. The minimum atomic E-state index is -0.320. The summed E-state index contributed by atoms with van der Waals surface area (Å²) in [5.41, 5.74) is 4.49. The van der Waals surface area contributed by atoms with Crippen LogP contribution in [-0.4, -0.2) is 38.0 Å². The fourth-order valence-electron chi connectivity index (χ4n) is 3.01. The normalized spacial score (nSPS) is 10.7. The van der Waals surface area contributed by atoms with Gasteiger partial charge in [-0.25, -0.2) is 5.43 Å². The summed E-state index contributed by atoms with van der Waals surface area (Å²) in [4.78, 5) is 12.3. The number of nitriles is 1. The Kier molecular flexibility index (Phi) is 6.00. The van der Waals surface area contributed by atoms with Crippen LogP contribution in [-0.2, 0) is 11.3 Å². The minimum absolute atomic E-state index is 0.0365. The highest BCUT2D eigenvalue weighted by atomic mass is 16.5. The molecule has 8 heteroatoms. The van der Waals surface area contributed by atoms with Crippen LogP contribution < -0.4 is 19.6 Å². The van der Waals surface area contributed by atoms with Crippen molar-refractivity contribution in [3.8, 4) is 23.3 Å². The third-order valence-electron chi connectivity index (χ3n) is 4.31. The fourth-order valence-corrected chi connectivity index (χ4v) is 3.01. The summed E-state index contributed by atoms with van der Waals surface area (Å²) in [5.74, 6) is 1.13. The van der Waals surface area contributed by atoms with Crippen molar-refractivity contribution in [3.05, 3.63) is 53.7 Å². The van der Waals surface area contributed by atoms with Gasteiger partial charge in [0.1, 0.15) is 12.6 Å². The smallest absolute Gasteiger partial charge is 0.259 e. The molecule has 3 rings (SSSR count). The lowest BCUT2D eigenvalue weighted by Gasteiger charge is -2.12. The Morgan fingerprint density at radius 2 is 1.86 bits per heavy atom. The van der Waals surface area contributed by atoms with Gasteiger partial charge in [0, 0.05) is 22.7 Å². The summed E-state index contributed by atoms with van der Waals surface area (Å²) in [6.07, 6.45) is 3.14. The number of hydrazone groups is 1. The number of para-hydroxylation sites is 1. The van der Waals surface area contributed by atoms with Gasteiger partial charge < -0.3 is 18.8 Å². The van der Waals surface area contributed by atoms with E-state index in [9.17, 15) is 10.1 Å². The maximum absolute atomic E-state index is 12.3. The predicted molar refractivity (Wildman–Crippen MR) is 108 cm³/mol. The van der Waals surface area contributed by atoms with Gasteiger partial charge in [0.15, 0.2) is 11.5 Å². The number of nitrogens with one attached hydrogen (secondary N) is 1. The van der Waals surface area contributed by atoms with Crippen LogP contribution in [0.4, 0.5) is 0 Å². The molecule has 0 atom stereocenters. The third kappa shape index (κ3) is 4.14. The monoisotopic (exact) mass is 392 g/mol. The molecule has 0 aliphatic rings. The number of carbonyl (C=O) groups excluding carboxylic acids is 1. The highest BCUT2D eigenvalue weighted by Gasteiger charge is 2.13. The van der Waals surface area contributed by atoms with Crippen LogP contribution in [0.25, 0.3) is 10.9 Å². The molecule has 1 amide bonds. The van der Waals surface area contributed by atoms with Gasteiger partial charge in [0.2, 0.25) is 5.75 Å². The molecule has 0 saturated carbocycles. The molecule has 1 N–H and O–H groups in total. The van der Waals surface area contributed by atoms with Gasteiger partial charge in [-0.2, -0.15) is 10.4 Å². The number of fused-ring (bicyclic) bond motifs is 1. The maximum atomic E-state index is 12.3. The van der Waals surface area contributed by atoms with E-state index in [1.807, 2.05) is 24.3 Å². The van der Waals surface area contributed by atoms with E-state index in [0.717, 1.165) is 10.9 Å². The quantitative estimate of drug-likeness (QED) is 0.492. The molecule has 0 unspecified atom stereocenters. The van der Waals surface area contributed by atoms with Gasteiger partial charge in [0.25, 0.3) is 5.91 Å². The SMILES string of the molecule is COc1cc(/C=N/NC(=O)Cn2cc(C#N)c3ccccc32)cc(OC)c1OC. The lowest BCUT2D eigenvalue weighted by molar-refractivity contribution is -0.121. The molecule has 0 spiro atoms. The van der Waals surface area contributed by atoms with Crippen LogP contribution in [0.3, 0.4) is 0 Å². The second kappa shape index (κ2) is 8.80. The highest BCUT2D eigenvalue weighted by molar-refractivity contribution is 5.88. The highest BCUT2D eigenvalue weighted by Crippen LogP contribution is 2.37. The summed E-state index contributed by atoms with van der Waals surface area (Å²) < 4.78 is 17.6. The van der Waals surface area contributed by atoms with Crippen molar-refractivity contribution < 1.29 is 19.0 Å². The van der Waals surface area contributed by atoms with Crippen molar-refractivity contribution in [2.45, 2.75) is 6.54 Å². The Morgan fingerprint density at radius 3 is 2.48 bits per heavy atom. The zero-order chi connectivity index (χ0) is 20.8. The minimum Gasteiger partial charge on any atom is -0.493 e. The Hall–Kier alpha value is -3.99. The van der Waals surface area contributed by atoms with Crippen molar-refractivity contribution in [1.82, 2.24) is 9.99 Å². The van der Waals surface area contributed by atoms with Crippen LogP contribution in [0.1, 0.15) is 11.1 Å². The standard InChI is InChI=1S/C21H20N4O4/c1-27-18-8-14(9-19(28-2)21(18)29-3)11-23-24-20(26)13-25-12-15(10-22)16-6-4-5-7-17(16)25/h4-9,11-12H,13H2,1-3H3,(H,24,26)/b23-11+. The molecule has 148 valence electrons. The second-order valence-electron chi connectivity index (χ2n) is 6.05. The number of amides is 1. The van der Waals surface area contributed by atoms with Crippen molar-refractivity contribution in [3.63, 3.8) is 0 Å². The number of nitrogens with zero attached hydrogens (tertiary/aromatic N) is 3. The zero-order valence-electron chi connectivity index (χ0n) is 16.3. The molecule has 1 heterocycles. The first kappa shape index (κ1) is 19.8. The Morgan fingerprint density at radius 1 is 1.17 bits per heavy atom. The molecule has 8 nitrogen and oxygen atoms in total. The summed E-state index contributed by atoms with van der Waals surface area (Å²) in [7, 11) is 4.57. The van der Waals surface area contributed by atoms with Gasteiger partial charge in [-0.05, 0) is 18.2 Å². The summed E-state index contributed by atoms with van der Waals surface area (Å²) in [6.45, 7) is 0.0365. The van der Waals surface area contributed by atoms with Gasteiger partial charge in [-0.1, -0.05) is 18.2 Å². The molecule has 0 aliphatic heterocycles. The number of carbonyl (C=O) groups is 1. The van der Waals surface area contributed by atoms with Crippen LogP contribution in [0.15, 0.2) is 47.7 Å². The maximum Gasteiger partial charge on any atom is 0.259 e. The number of methoxy groups -OCH3 is 3. The average molecular weight is 392 g/mol. The van der Waals surface area contributed by atoms with Gasteiger partial charge in [0.05, 0.1) is 33.1 Å². The Balaban J connectivity index is 1.73. The van der Waals surface area contributed by atoms with Gasteiger partial charge in [-0.3, -0.25) is 4.79 Å².